The molecule has 1 aromatic heterocycles. The predicted molar refractivity (Wildman–Crippen MR) is 112 cm³/mol. The van der Waals surface area contributed by atoms with E-state index in [-0.39, 0.29) is 30.2 Å². The highest BCUT2D eigenvalue weighted by Crippen LogP contribution is 2.31. The highest BCUT2D eigenvalue weighted by atomic mass is 35.5. The summed E-state index contributed by atoms with van der Waals surface area (Å²) in [5, 5.41) is 0. The fraction of sp³-hybridized carbons (Fsp3) is 0.273. The monoisotopic (exact) mass is 415 g/mol. The first-order valence-electron chi connectivity index (χ1n) is 9.39. The molecule has 4 rings (SSSR count). The Morgan fingerprint density at radius 1 is 1.21 bits per heavy atom. The molecule has 0 spiro atoms. The lowest BCUT2D eigenvalue weighted by atomic mass is 10.1. The van der Waals surface area contributed by atoms with Gasteiger partial charge in [-0.25, -0.2) is 9.37 Å². The normalized spacial score (nSPS) is 18.5. The molecular weight excluding hydrogens is 393 g/mol. The molecule has 1 aliphatic rings. The van der Waals surface area contributed by atoms with Gasteiger partial charge in [0.15, 0.2) is 5.76 Å². The largest absolute Gasteiger partial charge is 0.436 e. The fourth-order valence-corrected chi connectivity index (χ4v) is 3.79. The van der Waals surface area contributed by atoms with Crippen LogP contribution in [0.15, 0.2) is 59.1 Å². The second kappa shape index (κ2) is 8.76. The number of hydrogen-bond acceptors (Lipinski definition) is 4. The summed E-state index contributed by atoms with van der Waals surface area (Å²) in [7, 11) is 0. The second-order valence-electron chi connectivity index (χ2n) is 7.20. The van der Waals surface area contributed by atoms with Crippen LogP contribution < -0.4 is 5.73 Å². The van der Waals surface area contributed by atoms with Gasteiger partial charge in [0, 0.05) is 18.2 Å². The lowest BCUT2D eigenvalue weighted by molar-refractivity contribution is 0.0744. The minimum atomic E-state index is -0.381. The Morgan fingerprint density at radius 2 is 1.90 bits per heavy atom. The first-order chi connectivity index (χ1) is 13.6. The van der Waals surface area contributed by atoms with E-state index in [2.05, 4.69) is 4.98 Å². The lowest BCUT2D eigenvalue weighted by Gasteiger charge is -2.22. The minimum absolute atomic E-state index is 0. The number of carbonyl (C=O) groups is 1. The maximum absolute atomic E-state index is 14.1. The van der Waals surface area contributed by atoms with E-state index in [4.69, 9.17) is 10.2 Å². The maximum Gasteiger partial charge on any atom is 0.254 e. The Balaban J connectivity index is 0.00000240. The summed E-state index contributed by atoms with van der Waals surface area (Å²) in [4.78, 5) is 19.4. The Bertz CT molecular complexity index is 1010. The van der Waals surface area contributed by atoms with Crippen LogP contribution in [-0.2, 0) is 0 Å². The summed E-state index contributed by atoms with van der Waals surface area (Å²) < 4.78 is 19.9. The molecule has 7 heteroatoms. The molecule has 29 heavy (non-hydrogen) atoms. The minimum Gasteiger partial charge on any atom is -0.436 e. The molecule has 1 fully saturated rings. The maximum atomic E-state index is 14.1. The summed E-state index contributed by atoms with van der Waals surface area (Å²) >= 11 is 0. The van der Waals surface area contributed by atoms with Crippen LogP contribution in [-0.4, -0.2) is 34.9 Å². The standard InChI is InChI=1S/C22H22FN3O2.ClH/c1-14-10-15(11-24)13-26(14)22(27)17-7-3-2-6-16(17)21-25-12-20(28-21)18-8-4-5-9-19(18)23;/h2-9,12,14-15H,10-11,13,24H2,1H3;1H. The summed E-state index contributed by atoms with van der Waals surface area (Å²) in [5.41, 5.74) is 7.25. The van der Waals surface area contributed by atoms with Crippen LogP contribution >= 0.6 is 12.4 Å². The predicted octanol–water partition coefficient (Wildman–Crippen LogP) is 4.38. The van der Waals surface area contributed by atoms with Crippen molar-refractivity contribution in [1.82, 2.24) is 9.88 Å². The van der Waals surface area contributed by atoms with Crippen molar-refractivity contribution in [3.05, 3.63) is 66.1 Å². The van der Waals surface area contributed by atoms with E-state index in [9.17, 15) is 9.18 Å². The third kappa shape index (κ3) is 4.04. The molecule has 2 unspecified atom stereocenters. The fourth-order valence-electron chi connectivity index (χ4n) is 3.79. The zero-order chi connectivity index (χ0) is 19.7. The molecule has 0 aliphatic carbocycles. The van der Waals surface area contributed by atoms with Gasteiger partial charge in [-0.15, -0.1) is 12.4 Å². The number of halogens is 2. The molecule has 152 valence electrons. The van der Waals surface area contributed by atoms with E-state index in [1.165, 1.54) is 12.3 Å². The second-order valence-corrected chi connectivity index (χ2v) is 7.20. The van der Waals surface area contributed by atoms with Gasteiger partial charge in [0.2, 0.25) is 5.89 Å². The summed E-state index contributed by atoms with van der Waals surface area (Å²) in [6.07, 6.45) is 2.39. The van der Waals surface area contributed by atoms with Gasteiger partial charge in [0.25, 0.3) is 5.91 Å². The molecule has 2 aromatic carbocycles. The Hall–Kier alpha value is -2.70. The van der Waals surface area contributed by atoms with Crippen LogP contribution in [0.3, 0.4) is 0 Å². The van der Waals surface area contributed by atoms with Crippen molar-refractivity contribution in [3.8, 4) is 22.8 Å². The number of amides is 1. The van der Waals surface area contributed by atoms with Crippen LogP contribution in [0.4, 0.5) is 4.39 Å². The lowest BCUT2D eigenvalue weighted by Crippen LogP contribution is -2.34. The molecular formula is C22H23ClFN3O2. The van der Waals surface area contributed by atoms with Crippen molar-refractivity contribution < 1.29 is 13.6 Å². The molecule has 0 radical (unpaired) electrons. The number of nitrogens with two attached hydrogens (primary N) is 1. The molecule has 2 heterocycles. The van der Waals surface area contributed by atoms with Gasteiger partial charge < -0.3 is 15.1 Å². The van der Waals surface area contributed by atoms with Crippen LogP contribution in [0.5, 0.6) is 0 Å². The van der Waals surface area contributed by atoms with Gasteiger partial charge in [-0.1, -0.05) is 24.3 Å². The molecule has 3 aromatic rings. The number of hydrogen-bond donors (Lipinski definition) is 1. The SMILES string of the molecule is CC1CC(CN)CN1C(=O)c1ccccc1-c1ncc(-c2ccccc2F)o1.Cl. The molecule has 2 N–H and O–H groups in total. The first kappa shape index (κ1) is 21.0. The van der Waals surface area contributed by atoms with E-state index in [0.29, 0.717) is 47.3 Å². The molecule has 0 saturated carbocycles. The van der Waals surface area contributed by atoms with Crippen LogP contribution in [0.1, 0.15) is 23.7 Å². The van der Waals surface area contributed by atoms with Crippen molar-refractivity contribution in [2.45, 2.75) is 19.4 Å². The number of nitrogens with zero attached hydrogens (tertiary/aromatic N) is 2. The van der Waals surface area contributed by atoms with Crippen molar-refractivity contribution in [2.75, 3.05) is 13.1 Å². The zero-order valence-corrected chi connectivity index (χ0v) is 16.9. The van der Waals surface area contributed by atoms with E-state index in [0.717, 1.165) is 6.42 Å². The van der Waals surface area contributed by atoms with Crippen molar-refractivity contribution in [2.24, 2.45) is 11.7 Å². The highest BCUT2D eigenvalue weighted by Gasteiger charge is 2.33. The van der Waals surface area contributed by atoms with E-state index < -0.39 is 0 Å². The van der Waals surface area contributed by atoms with E-state index in [1.54, 1.807) is 30.3 Å². The number of benzene rings is 2. The first-order valence-corrected chi connectivity index (χ1v) is 9.39. The van der Waals surface area contributed by atoms with Gasteiger partial charge in [0.05, 0.1) is 17.3 Å². The molecule has 0 bridgehead atoms. The van der Waals surface area contributed by atoms with Crippen molar-refractivity contribution >= 4 is 18.3 Å². The Morgan fingerprint density at radius 3 is 2.59 bits per heavy atom. The number of aromatic nitrogens is 1. The number of oxazole rings is 1. The summed E-state index contributed by atoms with van der Waals surface area (Å²) in [5.74, 6) is 0.496. The van der Waals surface area contributed by atoms with Crippen molar-refractivity contribution in [3.63, 3.8) is 0 Å². The number of likely N-dealkylation sites (tertiary alicyclic amines) is 1. The van der Waals surface area contributed by atoms with Gasteiger partial charge in [-0.05, 0) is 50.1 Å². The van der Waals surface area contributed by atoms with Gasteiger partial charge >= 0.3 is 0 Å². The summed E-state index contributed by atoms with van der Waals surface area (Å²) in [6.45, 7) is 3.26. The van der Waals surface area contributed by atoms with Gasteiger partial charge in [-0.2, -0.15) is 0 Å². The topological polar surface area (TPSA) is 72.4 Å². The number of carbonyl (C=O) groups excluding carboxylic acids is 1. The molecule has 2 atom stereocenters. The molecule has 1 saturated heterocycles. The van der Waals surface area contributed by atoms with Crippen LogP contribution in [0.2, 0.25) is 0 Å². The highest BCUT2D eigenvalue weighted by molar-refractivity contribution is 6.00. The van der Waals surface area contributed by atoms with Gasteiger partial charge in [-0.3, -0.25) is 4.79 Å². The summed E-state index contributed by atoms with van der Waals surface area (Å²) in [6, 6.07) is 13.7. The van der Waals surface area contributed by atoms with Gasteiger partial charge in [0.1, 0.15) is 5.82 Å². The quantitative estimate of drug-likeness (QED) is 0.686. The van der Waals surface area contributed by atoms with Crippen molar-refractivity contribution in [1.29, 1.82) is 0 Å². The Labute approximate surface area is 175 Å². The van der Waals surface area contributed by atoms with Crippen LogP contribution in [0.25, 0.3) is 22.8 Å². The molecule has 1 aliphatic heterocycles. The average molecular weight is 416 g/mol. The molecule has 5 nitrogen and oxygen atoms in total. The molecule has 1 amide bonds. The number of rotatable bonds is 4. The van der Waals surface area contributed by atoms with E-state index >= 15 is 0 Å². The smallest absolute Gasteiger partial charge is 0.254 e. The Kier molecular flexibility index (Phi) is 6.35. The third-order valence-electron chi connectivity index (χ3n) is 5.29. The van der Waals surface area contributed by atoms with Crippen LogP contribution in [0, 0.1) is 11.7 Å². The third-order valence-corrected chi connectivity index (χ3v) is 5.29. The average Bonchev–Trinajstić information content (AvgIpc) is 3.34. The van der Waals surface area contributed by atoms with E-state index in [1.807, 2.05) is 24.0 Å². The zero-order valence-electron chi connectivity index (χ0n) is 16.0.